The number of aldehydes is 1. The number of rotatable bonds is 3. The van der Waals surface area contributed by atoms with Crippen molar-refractivity contribution in [2.24, 2.45) is 23.2 Å². The lowest BCUT2D eigenvalue weighted by Crippen LogP contribution is -2.32. The van der Waals surface area contributed by atoms with E-state index in [1.54, 1.807) is 6.08 Å². The van der Waals surface area contributed by atoms with Gasteiger partial charge in [-0.2, -0.15) is 0 Å². The minimum absolute atomic E-state index is 0.118. The van der Waals surface area contributed by atoms with Crippen molar-refractivity contribution in [2.75, 3.05) is 0 Å². The molecule has 3 aliphatic carbocycles. The van der Waals surface area contributed by atoms with E-state index in [1.807, 2.05) is 0 Å². The number of carbonyl (C=O) groups excluding carboxylic acids is 2. The topological polar surface area (TPSA) is 34.1 Å². The van der Waals surface area contributed by atoms with Gasteiger partial charge in [-0.3, -0.25) is 9.59 Å². The third kappa shape index (κ3) is 3.72. The molecule has 3 aliphatic rings. The van der Waals surface area contributed by atoms with Gasteiger partial charge in [0.15, 0.2) is 5.78 Å². The van der Waals surface area contributed by atoms with Gasteiger partial charge in [0.1, 0.15) is 6.29 Å². The summed E-state index contributed by atoms with van der Waals surface area (Å²) in [4.78, 5) is 24.2. The molecule has 1 saturated carbocycles. The Hall–Kier alpha value is -1.96. The summed E-state index contributed by atoms with van der Waals surface area (Å²) in [5.41, 5.74) is 6.22. The van der Waals surface area contributed by atoms with Gasteiger partial charge in [-0.05, 0) is 82.3 Å². The fourth-order valence-electron chi connectivity index (χ4n) is 5.39. The van der Waals surface area contributed by atoms with Crippen LogP contribution in [0.2, 0.25) is 0 Å². The van der Waals surface area contributed by atoms with Crippen LogP contribution in [-0.2, 0) is 9.59 Å². The molecular formula is C25H32O2. The van der Waals surface area contributed by atoms with E-state index in [0.29, 0.717) is 11.5 Å². The lowest BCUT2D eigenvalue weighted by molar-refractivity contribution is -0.119. The van der Waals surface area contributed by atoms with Crippen LogP contribution in [0.5, 0.6) is 0 Å². The Labute approximate surface area is 163 Å². The van der Waals surface area contributed by atoms with Crippen LogP contribution in [0.1, 0.15) is 60.3 Å². The monoisotopic (exact) mass is 364 g/mol. The van der Waals surface area contributed by atoms with E-state index in [-0.39, 0.29) is 23.0 Å². The zero-order valence-electron chi connectivity index (χ0n) is 17.3. The summed E-state index contributed by atoms with van der Waals surface area (Å²) >= 11 is 0. The Bertz CT molecular complexity index is 798. The molecule has 0 saturated heterocycles. The zero-order chi connectivity index (χ0) is 19.8. The van der Waals surface area contributed by atoms with Gasteiger partial charge in [-0.15, -0.1) is 0 Å². The van der Waals surface area contributed by atoms with Crippen LogP contribution in [0, 0.1) is 23.2 Å². The average Bonchev–Trinajstić information content (AvgIpc) is 3.04. The third-order valence-corrected chi connectivity index (χ3v) is 6.94. The van der Waals surface area contributed by atoms with E-state index in [1.165, 1.54) is 16.7 Å². The molecule has 0 aromatic carbocycles. The molecule has 0 aromatic heterocycles. The lowest BCUT2D eigenvalue weighted by Gasteiger charge is -2.38. The van der Waals surface area contributed by atoms with Crippen molar-refractivity contribution in [3.8, 4) is 0 Å². The molecule has 0 amide bonds. The summed E-state index contributed by atoms with van der Waals surface area (Å²) in [6, 6.07) is 0. The van der Waals surface area contributed by atoms with Crippen LogP contribution in [-0.4, -0.2) is 12.1 Å². The summed E-state index contributed by atoms with van der Waals surface area (Å²) in [5.74, 6) is 0.510. The van der Waals surface area contributed by atoms with Gasteiger partial charge in [0.05, 0.1) is 5.92 Å². The zero-order valence-corrected chi connectivity index (χ0v) is 17.3. The normalized spacial score (nSPS) is 35.0. The molecule has 0 N–H and O–H groups in total. The highest BCUT2D eigenvalue weighted by molar-refractivity contribution is 6.01. The molecule has 4 atom stereocenters. The minimum atomic E-state index is -0.244. The third-order valence-electron chi connectivity index (χ3n) is 6.94. The maximum atomic E-state index is 12.5. The van der Waals surface area contributed by atoms with Crippen LogP contribution in [0.4, 0.5) is 0 Å². The molecule has 27 heavy (non-hydrogen) atoms. The van der Waals surface area contributed by atoms with Crippen molar-refractivity contribution in [3.05, 3.63) is 58.2 Å². The van der Waals surface area contributed by atoms with Crippen LogP contribution in [0.15, 0.2) is 58.2 Å². The van der Waals surface area contributed by atoms with Crippen LogP contribution < -0.4 is 0 Å². The molecule has 3 rings (SSSR count). The second-order valence-electron chi connectivity index (χ2n) is 9.15. The molecule has 144 valence electrons. The smallest absolute Gasteiger partial charge is 0.163 e. The standard InChI is InChI=1S/C25H32O2/c1-16(2)7-6-8-17(3)20-11-12-25(5)14-21-18(4)13-23(27)24(21)19(15-26)9-10-22(20)25/h6-9,13,15,21-22,24H,10-12,14H2,1-5H3/b8-6+,19-9?,20-17+/t21-,22+,24+,25-/m1/s1. The average molecular weight is 365 g/mol. The number of fused-ring (bicyclic) bond motifs is 2. The molecule has 0 aromatic rings. The molecular weight excluding hydrogens is 332 g/mol. The predicted octanol–water partition coefficient (Wildman–Crippen LogP) is 5.92. The van der Waals surface area contributed by atoms with E-state index in [2.05, 4.69) is 58.9 Å². The first-order valence-corrected chi connectivity index (χ1v) is 10.2. The van der Waals surface area contributed by atoms with E-state index < -0.39 is 0 Å². The molecule has 0 unspecified atom stereocenters. The molecule has 0 heterocycles. The highest BCUT2D eigenvalue weighted by Crippen LogP contribution is 2.56. The molecule has 0 spiro atoms. The second-order valence-corrected chi connectivity index (χ2v) is 9.15. The van der Waals surface area contributed by atoms with Gasteiger partial charge in [0, 0.05) is 0 Å². The highest BCUT2D eigenvalue weighted by atomic mass is 16.1. The van der Waals surface area contributed by atoms with Gasteiger partial charge >= 0.3 is 0 Å². The quantitative estimate of drug-likeness (QED) is 0.460. The number of ketones is 1. The first kappa shape index (κ1) is 19.8. The van der Waals surface area contributed by atoms with Crippen molar-refractivity contribution in [1.29, 1.82) is 0 Å². The molecule has 2 heteroatoms. The van der Waals surface area contributed by atoms with Crippen molar-refractivity contribution < 1.29 is 9.59 Å². The lowest BCUT2D eigenvalue weighted by atomic mass is 9.65. The van der Waals surface area contributed by atoms with Crippen LogP contribution in [0.25, 0.3) is 0 Å². The molecule has 0 bridgehead atoms. The Kier molecular flexibility index (Phi) is 5.55. The number of hydrogen-bond acceptors (Lipinski definition) is 2. The van der Waals surface area contributed by atoms with Gasteiger partial charge in [-0.25, -0.2) is 0 Å². The second kappa shape index (κ2) is 7.58. The summed E-state index contributed by atoms with van der Waals surface area (Å²) in [5, 5.41) is 0. The Morgan fingerprint density at radius 3 is 2.67 bits per heavy atom. The van der Waals surface area contributed by atoms with Crippen molar-refractivity contribution >= 4 is 12.1 Å². The van der Waals surface area contributed by atoms with E-state index >= 15 is 0 Å². The first-order valence-electron chi connectivity index (χ1n) is 10.2. The Morgan fingerprint density at radius 2 is 2.00 bits per heavy atom. The Balaban J connectivity index is 1.99. The molecule has 0 aliphatic heterocycles. The minimum Gasteiger partial charge on any atom is -0.298 e. The van der Waals surface area contributed by atoms with Gasteiger partial charge < -0.3 is 0 Å². The van der Waals surface area contributed by atoms with Crippen molar-refractivity contribution in [1.82, 2.24) is 0 Å². The van der Waals surface area contributed by atoms with Crippen molar-refractivity contribution in [2.45, 2.75) is 60.3 Å². The van der Waals surface area contributed by atoms with Crippen LogP contribution in [0.3, 0.4) is 0 Å². The maximum Gasteiger partial charge on any atom is 0.163 e. The fourth-order valence-corrected chi connectivity index (χ4v) is 5.39. The first-order chi connectivity index (χ1) is 12.8. The van der Waals surface area contributed by atoms with E-state index in [0.717, 1.165) is 37.5 Å². The summed E-state index contributed by atoms with van der Waals surface area (Å²) in [6.45, 7) is 10.9. The number of carbonyl (C=O) groups is 2. The van der Waals surface area contributed by atoms with Gasteiger partial charge in [0.25, 0.3) is 0 Å². The molecule has 2 nitrogen and oxygen atoms in total. The Morgan fingerprint density at radius 1 is 1.26 bits per heavy atom. The van der Waals surface area contributed by atoms with Crippen LogP contribution >= 0.6 is 0 Å². The SMILES string of the molecule is CC(C)=C/C=C/C(C)=C1\CC[C@]2(C)C[C@@H]3C(C)=CC(=O)[C@H]3C(C=O)=CC[C@@H]12. The largest absolute Gasteiger partial charge is 0.298 e. The fraction of sp³-hybridized carbons (Fsp3) is 0.520. The summed E-state index contributed by atoms with van der Waals surface area (Å²) < 4.78 is 0. The summed E-state index contributed by atoms with van der Waals surface area (Å²) in [6.07, 6.45) is 15.4. The van der Waals surface area contributed by atoms with E-state index in [9.17, 15) is 9.59 Å². The van der Waals surface area contributed by atoms with Gasteiger partial charge in [0.2, 0.25) is 0 Å². The number of hydrogen-bond donors (Lipinski definition) is 0. The predicted molar refractivity (Wildman–Crippen MR) is 111 cm³/mol. The molecule has 0 radical (unpaired) electrons. The summed E-state index contributed by atoms with van der Waals surface area (Å²) in [7, 11) is 0. The van der Waals surface area contributed by atoms with E-state index in [4.69, 9.17) is 0 Å². The highest BCUT2D eigenvalue weighted by Gasteiger charge is 2.48. The van der Waals surface area contributed by atoms with Gasteiger partial charge in [-0.1, -0.05) is 53.5 Å². The molecule has 1 fully saturated rings. The van der Waals surface area contributed by atoms with Crippen molar-refractivity contribution in [3.63, 3.8) is 0 Å². The number of allylic oxidation sites excluding steroid dienone is 10. The maximum absolute atomic E-state index is 12.5.